The summed E-state index contributed by atoms with van der Waals surface area (Å²) >= 11 is 6.07. The maximum Gasteiger partial charge on any atom is 0.340 e. The molecular formula is C27H26ClN3O4. The van der Waals surface area contributed by atoms with Crippen molar-refractivity contribution in [2.75, 3.05) is 10.6 Å². The van der Waals surface area contributed by atoms with Crippen molar-refractivity contribution in [3.63, 3.8) is 0 Å². The van der Waals surface area contributed by atoms with Gasteiger partial charge in [-0.15, -0.1) is 0 Å². The maximum absolute atomic E-state index is 12.7. The van der Waals surface area contributed by atoms with E-state index in [-0.39, 0.29) is 11.2 Å². The number of aromatic nitrogens is 1. The number of nitrogens with zero attached hydrogens (tertiary/aromatic N) is 1. The molecule has 0 radical (unpaired) electrons. The first-order valence-corrected chi connectivity index (χ1v) is 11.5. The van der Waals surface area contributed by atoms with Crippen LogP contribution in [0.25, 0.3) is 11.0 Å². The number of fused-ring (bicyclic) bond motifs is 1. The van der Waals surface area contributed by atoms with Crippen molar-refractivity contribution in [2.45, 2.75) is 39.5 Å². The Balaban J connectivity index is 1.55. The zero-order valence-corrected chi connectivity index (χ0v) is 20.7. The molecule has 3 N–H and O–H groups in total. The third kappa shape index (κ3) is 5.30. The molecule has 0 aliphatic rings. The minimum Gasteiger partial charge on any atom is -0.508 e. The lowest BCUT2D eigenvalue weighted by Crippen LogP contribution is -2.20. The fraction of sp³-hybridized carbons (Fsp3) is 0.222. The van der Waals surface area contributed by atoms with Crippen molar-refractivity contribution in [1.82, 2.24) is 4.98 Å². The molecule has 0 spiro atoms. The molecule has 4 aromatic rings. The van der Waals surface area contributed by atoms with Gasteiger partial charge < -0.3 is 14.8 Å². The van der Waals surface area contributed by atoms with Gasteiger partial charge in [-0.1, -0.05) is 50.6 Å². The molecule has 2 aromatic carbocycles. The number of halogens is 1. The van der Waals surface area contributed by atoms with Crippen LogP contribution >= 0.6 is 11.6 Å². The van der Waals surface area contributed by atoms with Gasteiger partial charge in [0.25, 0.3) is 0 Å². The molecule has 0 bridgehead atoms. The number of pyridine rings is 1. The van der Waals surface area contributed by atoms with E-state index in [9.17, 15) is 14.7 Å². The number of amides is 2. The van der Waals surface area contributed by atoms with Crippen LogP contribution in [-0.4, -0.2) is 16.1 Å². The van der Waals surface area contributed by atoms with Crippen molar-refractivity contribution in [3.8, 4) is 5.75 Å². The summed E-state index contributed by atoms with van der Waals surface area (Å²) in [5.74, 6) is 0.456. The largest absolute Gasteiger partial charge is 0.508 e. The summed E-state index contributed by atoms with van der Waals surface area (Å²) in [6, 6.07) is 13.3. The van der Waals surface area contributed by atoms with Gasteiger partial charge in [0.15, 0.2) is 0 Å². The predicted octanol–water partition coefficient (Wildman–Crippen LogP) is 6.39. The zero-order chi connectivity index (χ0) is 25.3. The number of rotatable bonds is 4. The van der Waals surface area contributed by atoms with Crippen molar-refractivity contribution in [1.29, 1.82) is 0 Å². The quantitative estimate of drug-likeness (QED) is 0.287. The lowest BCUT2D eigenvalue weighted by atomic mass is 9.85. The smallest absolute Gasteiger partial charge is 0.340 e. The number of hydrogen-bond donors (Lipinski definition) is 3. The van der Waals surface area contributed by atoms with Crippen LogP contribution in [-0.2, 0) is 11.8 Å². The topological polar surface area (TPSA) is 104 Å². The van der Waals surface area contributed by atoms with Crippen LogP contribution in [0.5, 0.6) is 5.75 Å². The van der Waals surface area contributed by atoms with Gasteiger partial charge in [-0.3, -0.25) is 5.32 Å². The number of para-hydroxylation sites is 1. The maximum atomic E-state index is 12.7. The highest BCUT2D eigenvalue weighted by molar-refractivity contribution is 6.33. The first-order chi connectivity index (χ1) is 16.5. The van der Waals surface area contributed by atoms with Gasteiger partial charge in [0.1, 0.15) is 17.2 Å². The lowest BCUT2D eigenvalue weighted by molar-refractivity contribution is 0.262. The SMILES string of the molecule is Cc1c(Cc2ccc(NC(=O)Nc3ccccc3Cl)nc2)c(=O)oc2cc(O)c(C(C)(C)C)cc12. The van der Waals surface area contributed by atoms with E-state index >= 15 is 0 Å². The third-order valence-corrected chi connectivity index (χ3v) is 6.11. The second kappa shape index (κ2) is 9.43. The van der Waals surface area contributed by atoms with Crippen molar-refractivity contribution < 1.29 is 14.3 Å². The number of carbonyl (C=O) groups is 1. The van der Waals surface area contributed by atoms with Crippen LogP contribution in [0.2, 0.25) is 5.02 Å². The second-order valence-corrected chi connectivity index (χ2v) is 9.80. The Bertz CT molecular complexity index is 1470. The number of nitrogens with one attached hydrogen (secondary N) is 2. The van der Waals surface area contributed by atoms with Crippen LogP contribution in [0.1, 0.15) is 43.0 Å². The van der Waals surface area contributed by atoms with Gasteiger partial charge in [0, 0.05) is 35.2 Å². The summed E-state index contributed by atoms with van der Waals surface area (Å²) in [5, 5.41) is 16.9. The molecule has 2 amide bonds. The molecule has 0 aliphatic heterocycles. The standard InChI is InChI=1S/C27H26ClN3O4/c1-15-17-12-19(27(2,3)4)22(32)13-23(17)35-25(33)18(15)11-16-9-10-24(29-14-16)31-26(34)30-21-8-6-5-7-20(21)28/h5-10,12-14,32H,11H2,1-4H3,(H2,29,30,31,34). The molecule has 0 unspecified atom stereocenters. The predicted molar refractivity (Wildman–Crippen MR) is 139 cm³/mol. The van der Waals surface area contributed by atoms with Gasteiger partial charge in [0.2, 0.25) is 0 Å². The van der Waals surface area contributed by atoms with Crippen LogP contribution in [0.3, 0.4) is 0 Å². The number of aromatic hydroxyl groups is 1. The number of hydrogen-bond acceptors (Lipinski definition) is 5. The summed E-state index contributed by atoms with van der Waals surface area (Å²) in [6.45, 7) is 7.91. The molecule has 2 heterocycles. The molecule has 0 fully saturated rings. The third-order valence-electron chi connectivity index (χ3n) is 5.78. The minimum absolute atomic E-state index is 0.103. The average molecular weight is 492 g/mol. The molecule has 8 heteroatoms. The Labute approximate surface area is 207 Å². The van der Waals surface area contributed by atoms with E-state index in [2.05, 4.69) is 15.6 Å². The first-order valence-electron chi connectivity index (χ1n) is 11.1. The lowest BCUT2D eigenvalue weighted by Gasteiger charge is -2.21. The van der Waals surface area contributed by atoms with E-state index in [1.165, 1.54) is 6.07 Å². The molecule has 0 aliphatic carbocycles. The normalized spacial score (nSPS) is 11.5. The van der Waals surface area contributed by atoms with Crippen molar-refractivity contribution in [3.05, 3.63) is 92.4 Å². The molecule has 0 atom stereocenters. The molecule has 35 heavy (non-hydrogen) atoms. The van der Waals surface area contributed by atoms with Crippen LogP contribution in [0, 0.1) is 6.92 Å². The Morgan fingerprint density at radius 3 is 2.51 bits per heavy atom. The highest BCUT2D eigenvalue weighted by atomic mass is 35.5. The Kier molecular flexibility index (Phi) is 6.54. The van der Waals surface area contributed by atoms with Gasteiger partial charge in [-0.2, -0.15) is 0 Å². The van der Waals surface area contributed by atoms with Gasteiger partial charge >= 0.3 is 11.7 Å². The molecule has 0 saturated carbocycles. The molecule has 180 valence electrons. The average Bonchev–Trinajstić information content (AvgIpc) is 2.78. The zero-order valence-electron chi connectivity index (χ0n) is 19.9. The van der Waals surface area contributed by atoms with Gasteiger partial charge in [-0.25, -0.2) is 14.6 Å². The number of carbonyl (C=O) groups excluding carboxylic acids is 1. The molecule has 2 aromatic heterocycles. The summed E-state index contributed by atoms with van der Waals surface area (Å²) in [7, 11) is 0. The van der Waals surface area contributed by atoms with E-state index in [0.29, 0.717) is 34.1 Å². The summed E-state index contributed by atoms with van der Waals surface area (Å²) < 4.78 is 5.52. The van der Waals surface area contributed by atoms with Gasteiger partial charge in [-0.05, 0) is 47.7 Å². The number of urea groups is 1. The monoisotopic (exact) mass is 491 g/mol. The van der Waals surface area contributed by atoms with E-state index < -0.39 is 11.7 Å². The van der Waals surface area contributed by atoms with E-state index in [4.69, 9.17) is 16.0 Å². The number of aryl methyl sites for hydroxylation is 1. The van der Waals surface area contributed by atoms with Crippen molar-refractivity contribution >= 4 is 40.1 Å². The van der Waals surface area contributed by atoms with Crippen LogP contribution < -0.4 is 16.3 Å². The molecule has 0 saturated heterocycles. The summed E-state index contributed by atoms with van der Waals surface area (Å²) in [6.07, 6.45) is 1.92. The number of benzene rings is 2. The van der Waals surface area contributed by atoms with E-state index in [1.54, 1.807) is 42.6 Å². The number of phenolic OH excluding ortho intramolecular Hbond substituents is 1. The Hall–Kier alpha value is -3.84. The van der Waals surface area contributed by atoms with E-state index in [1.807, 2.05) is 33.8 Å². The second-order valence-electron chi connectivity index (χ2n) is 9.40. The number of phenols is 1. The minimum atomic E-state index is -0.470. The summed E-state index contributed by atoms with van der Waals surface area (Å²) in [4.78, 5) is 29.3. The fourth-order valence-corrected chi connectivity index (χ4v) is 4.05. The highest BCUT2D eigenvalue weighted by Crippen LogP contribution is 2.35. The Morgan fingerprint density at radius 2 is 1.86 bits per heavy atom. The molecular weight excluding hydrogens is 466 g/mol. The van der Waals surface area contributed by atoms with E-state index in [0.717, 1.165) is 22.1 Å². The van der Waals surface area contributed by atoms with Crippen molar-refractivity contribution in [2.24, 2.45) is 0 Å². The highest BCUT2D eigenvalue weighted by Gasteiger charge is 2.21. The molecule has 4 rings (SSSR count). The molecule has 7 nitrogen and oxygen atoms in total. The number of anilines is 2. The first kappa shape index (κ1) is 24.3. The Morgan fingerprint density at radius 1 is 1.11 bits per heavy atom. The van der Waals surface area contributed by atoms with Crippen LogP contribution in [0.15, 0.2) is 63.9 Å². The fourth-order valence-electron chi connectivity index (χ4n) is 3.87. The van der Waals surface area contributed by atoms with Gasteiger partial charge in [0.05, 0.1) is 10.7 Å². The summed E-state index contributed by atoms with van der Waals surface area (Å²) in [5.41, 5.74) is 2.98. The van der Waals surface area contributed by atoms with Crippen LogP contribution in [0.4, 0.5) is 16.3 Å².